The van der Waals surface area contributed by atoms with Crippen LogP contribution in [-0.2, 0) is 11.2 Å². The molecule has 0 aromatic heterocycles. The quantitative estimate of drug-likeness (QED) is 0.845. The van der Waals surface area contributed by atoms with Gasteiger partial charge in [-0.15, -0.1) is 0 Å². The van der Waals surface area contributed by atoms with Crippen LogP contribution in [0.4, 0.5) is 0 Å². The molecule has 1 aliphatic rings. The number of hydrogen-bond acceptors (Lipinski definition) is 3. The van der Waals surface area contributed by atoms with Crippen LogP contribution < -0.4 is 5.32 Å². The van der Waals surface area contributed by atoms with E-state index < -0.39 is 0 Å². The average Bonchev–Trinajstić information content (AvgIpc) is 2.94. The monoisotopic (exact) mass is 290 g/mol. The number of aryl methyl sites for hydroxylation is 1. The summed E-state index contributed by atoms with van der Waals surface area (Å²) in [6.45, 7) is 5.85. The summed E-state index contributed by atoms with van der Waals surface area (Å²) in [7, 11) is 0. The number of phenolic OH excluding ortho intramolecular Hbond substituents is 1. The van der Waals surface area contributed by atoms with E-state index in [1.807, 2.05) is 24.0 Å². The highest BCUT2D eigenvalue weighted by Gasteiger charge is 2.25. The molecule has 4 heteroatoms. The van der Waals surface area contributed by atoms with Gasteiger partial charge in [0.2, 0.25) is 5.91 Å². The van der Waals surface area contributed by atoms with Crippen molar-refractivity contribution >= 4 is 5.91 Å². The molecule has 0 radical (unpaired) electrons. The van der Waals surface area contributed by atoms with Gasteiger partial charge in [0.15, 0.2) is 0 Å². The molecule has 1 fully saturated rings. The lowest BCUT2D eigenvalue weighted by Crippen LogP contribution is -2.39. The fourth-order valence-corrected chi connectivity index (χ4v) is 2.88. The lowest BCUT2D eigenvalue weighted by Gasteiger charge is -2.20. The van der Waals surface area contributed by atoms with Gasteiger partial charge in [0.1, 0.15) is 5.75 Å². The van der Waals surface area contributed by atoms with Crippen LogP contribution in [0.25, 0.3) is 0 Å². The van der Waals surface area contributed by atoms with Crippen molar-refractivity contribution in [2.45, 2.75) is 51.6 Å². The molecule has 0 saturated carbocycles. The molecule has 0 unspecified atom stereocenters. The molecule has 1 aromatic carbocycles. The summed E-state index contributed by atoms with van der Waals surface area (Å²) in [4.78, 5) is 13.6. The topological polar surface area (TPSA) is 52.6 Å². The summed E-state index contributed by atoms with van der Waals surface area (Å²) in [5.74, 6) is 0.576. The SMILES string of the molecule is CCC(=O)N1CC[C@@H](N[C@H](C)CCc2ccc(O)cc2)C1. The molecule has 4 nitrogen and oxygen atoms in total. The molecule has 1 amide bonds. The summed E-state index contributed by atoms with van der Waals surface area (Å²) < 4.78 is 0. The van der Waals surface area contributed by atoms with Gasteiger partial charge >= 0.3 is 0 Å². The van der Waals surface area contributed by atoms with Gasteiger partial charge in [0, 0.05) is 31.6 Å². The molecule has 0 bridgehead atoms. The minimum atomic E-state index is 0.260. The molecular formula is C17H26N2O2. The van der Waals surface area contributed by atoms with Gasteiger partial charge < -0.3 is 15.3 Å². The highest BCUT2D eigenvalue weighted by Crippen LogP contribution is 2.14. The maximum atomic E-state index is 11.7. The van der Waals surface area contributed by atoms with Crippen LogP contribution in [0.15, 0.2) is 24.3 Å². The number of amides is 1. The van der Waals surface area contributed by atoms with E-state index in [9.17, 15) is 9.90 Å². The Hall–Kier alpha value is -1.55. The van der Waals surface area contributed by atoms with E-state index >= 15 is 0 Å². The van der Waals surface area contributed by atoms with Gasteiger partial charge in [-0.3, -0.25) is 4.79 Å². The van der Waals surface area contributed by atoms with Gasteiger partial charge in [0.25, 0.3) is 0 Å². The summed E-state index contributed by atoms with van der Waals surface area (Å²) in [6, 6.07) is 8.27. The lowest BCUT2D eigenvalue weighted by molar-refractivity contribution is -0.129. The highest BCUT2D eigenvalue weighted by molar-refractivity contribution is 5.76. The third kappa shape index (κ3) is 4.74. The maximum Gasteiger partial charge on any atom is 0.222 e. The van der Waals surface area contributed by atoms with Crippen molar-refractivity contribution in [1.29, 1.82) is 0 Å². The highest BCUT2D eigenvalue weighted by atomic mass is 16.3. The minimum Gasteiger partial charge on any atom is -0.508 e. The van der Waals surface area contributed by atoms with Crippen molar-refractivity contribution in [3.8, 4) is 5.75 Å². The first-order valence-corrected chi connectivity index (χ1v) is 7.90. The van der Waals surface area contributed by atoms with Crippen LogP contribution in [0.2, 0.25) is 0 Å². The molecule has 2 atom stereocenters. The number of carbonyl (C=O) groups is 1. The van der Waals surface area contributed by atoms with E-state index in [-0.39, 0.29) is 5.91 Å². The number of nitrogens with one attached hydrogen (secondary N) is 1. The third-order valence-corrected chi connectivity index (χ3v) is 4.17. The third-order valence-electron chi connectivity index (χ3n) is 4.17. The van der Waals surface area contributed by atoms with Crippen molar-refractivity contribution < 1.29 is 9.90 Å². The minimum absolute atomic E-state index is 0.260. The van der Waals surface area contributed by atoms with E-state index in [0.29, 0.717) is 24.3 Å². The first-order valence-electron chi connectivity index (χ1n) is 7.90. The van der Waals surface area contributed by atoms with Crippen LogP contribution in [0.5, 0.6) is 5.75 Å². The molecule has 2 N–H and O–H groups in total. The Morgan fingerprint density at radius 1 is 1.43 bits per heavy atom. The zero-order valence-electron chi connectivity index (χ0n) is 13.0. The molecule has 0 aliphatic carbocycles. The van der Waals surface area contributed by atoms with Gasteiger partial charge in [-0.2, -0.15) is 0 Å². The maximum absolute atomic E-state index is 11.7. The number of nitrogens with zero attached hydrogens (tertiary/aromatic N) is 1. The number of aromatic hydroxyl groups is 1. The number of carbonyl (C=O) groups excluding carboxylic acids is 1. The second-order valence-electron chi connectivity index (χ2n) is 5.95. The largest absolute Gasteiger partial charge is 0.508 e. The van der Waals surface area contributed by atoms with Crippen LogP contribution in [0.3, 0.4) is 0 Å². The van der Waals surface area contributed by atoms with Crippen LogP contribution in [0, 0.1) is 0 Å². The number of hydrogen-bond donors (Lipinski definition) is 2. The predicted octanol–water partition coefficient (Wildman–Crippen LogP) is 2.31. The van der Waals surface area contributed by atoms with Crippen molar-refractivity contribution in [3.05, 3.63) is 29.8 Å². The zero-order valence-corrected chi connectivity index (χ0v) is 13.0. The first kappa shape index (κ1) is 15.8. The number of likely N-dealkylation sites (tertiary alicyclic amines) is 1. The Labute approximate surface area is 127 Å². The van der Waals surface area contributed by atoms with Crippen molar-refractivity contribution in [1.82, 2.24) is 10.2 Å². The zero-order chi connectivity index (χ0) is 15.2. The Morgan fingerprint density at radius 3 is 2.81 bits per heavy atom. The molecular weight excluding hydrogens is 264 g/mol. The summed E-state index contributed by atoms with van der Waals surface area (Å²) in [5, 5.41) is 12.9. The molecule has 0 spiro atoms. The van der Waals surface area contributed by atoms with Crippen LogP contribution >= 0.6 is 0 Å². The second-order valence-corrected chi connectivity index (χ2v) is 5.95. The molecule has 1 aromatic rings. The first-order chi connectivity index (χ1) is 10.1. The van der Waals surface area contributed by atoms with Gasteiger partial charge in [-0.05, 0) is 43.9 Å². The van der Waals surface area contributed by atoms with E-state index in [1.165, 1.54) is 5.56 Å². The van der Waals surface area contributed by atoms with E-state index in [0.717, 1.165) is 32.4 Å². The number of phenols is 1. The lowest BCUT2D eigenvalue weighted by atomic mass is 10.1. The average molecular weight is 290 g/mol. The Balaban J connectivity index is 1.71. The number of benzene rings is 1. The molecule has 1 aliphatic heterocycles. The molecule has 1 heterocycles. The normalized spacial score (nSPS) is 19.7. The fourth-order valence-electron chi connectivity index (χ4n) is 2.88. The van der Waals surface area contributed by atoms with E-state index in [2.05, 4.69) is 12.2 Å². The smallest absolute Gasteiger partial charge is 0.222 e. The van der Waals surface area contributed by atoms with Crippen LogP contribution in [-0.4, -0.2) is 41.1 Å². The summed E-state index contributed by atoms with van der Waals surface area (Å²) in [5.41, 5.74) is 1.25. The van der Waals surface area contributed by atoms with Crippen molar-refractivity contribution in [2.24, 2.45) is 0 Å². The fraction of sp³-hybridized carbons (Fsp3) is 0.588. The van der Waals surface area contributed by atoms with Crippen molar-refractivity contribution in [3.63, 3.8) is 0 Å². The summed E-state index contributed by atoms with van der Waals surface area (Å²) >= 11 is 0. The van der Waals surface area contributed by atoms with Gasteiger partial charge in [-0.1, -0.05) is 19.1 Å². The van der Waals surface area contributed by atoms with Gasteiger partial charge in [0.05, 0.1) is 0 Å². The molecule has 2 rings (SSSR count). The molecule has 21 heavy (non-hydrogen) atoms. The van der Waals surface area contributed by atoms with Gasteiger partial charge in [-0.25, -0.2) is 0 Å². The van der Waals surface area contributed by atoms with Crippen LogP contribution in [0.1, 0.15) is 38.7 Å². The Bertz CT molecular complexity index is 458. The van der Waals surface area contributed by atoms with E-state index in [4.69, 9.17) is 0 Å². The second kappa shape index (κ2) is 7.46. The molecule has 116 valence electrons. The number of rotatable bonds is 6. The summed E-state index contributed by atoms with van der Waals surface area (Å²) in [6.07, 6.45) is 3.71. The Morgan fingerprint density at radius 2 is 2.14 bits per heavy atom. The van der Waals surface area contributed by atoms with Crippen molar-refractivity contribution in [2.75, 3.05) is 13.1 Å². The van der Waals surface area contributed by atoms with E-state index in [1.54, 1.807) is 12.1 Å². The standard InChI is InChI=1S/C17H26N2O2/c1-3-17(21)19-11-10-15(12-19)18-13(2)4-5-14-6-8-16(20)9-7-14/h6-9,13,15,18,20H,3-5,10-12H2,1-2H3/t13-,15-/m1/s1. The predicted molar refractivity (Wildman–Crippen MR) is 84.3 cm³/mol. The Kier molecular flexibility index (Phi) is 5.62. The molecule has 1 saturated heterocycles.